The Balaban J connectivity index is 2.25. The summed E-state index contributed by atoms with van der Waals surface area (Å²) in [4.78, 5) is 8.15. The maximum atomic E-state index is 5.85. The van der Waals surface area contributed by atoms with E-state index in [0.29, 0.717) is 10.8 Å². The van der Waals surface area contributed by atoms with E-state index in [0.717, 1.165) is 11.3 Å². The van der Waals surface area contributed by atoms with Crippen molar-refractivity contribution in [2.24, 2.45) is 0 Å². The van der Waals surface area contributed by atoms with Crippen molar-refractivity contribution >= 4 is 17.4 Å². The van der Waals surface area contributed by atoms with Crippen LogP contribution in [-0.4, -0.2) is 19.6 Å². The van der Waals surface area contributed by atoms with E-state index in [2.05, 4.69) is 15.1 Å². The molecule has 5 heteroatoms. The number of hydrogen-bond acceptors (Lipinski definition) is 3. The van der Waals surface area contributed by atoms with E-state index in [1.807, 2.05) is 30.3 Å². The quantitative estimate of drug-likeness (QED) is 0.645. The van der Waals surface area contributed by atoms with Gasteiger partial charge in [0.1, 0.15) is 6.33 Å². The molecule has 0 N–H and O–H groups in total. The van der Waals surface area contributed by atoms with Crippen LogP contribution in [0, 0.1) is 0 Å². The summed E-state index contributed by atoms with van der Waals surface area (Å²) in [7, 11) is 0. The van der Waals surface area contributed by atoms with Gasteiger partial charge in [0.2, 0.25) is 0 Å². The molecule has 0 unspecified atom stereocenters. The fraction of sp³-hybridized carbons (Fsp3) is 0. The molecule has 2 aromatic heterocycles. The smallest absolute Gasteiger partial charge is 0.220 e. The van der Waals surface area contributed by atoms with Gasteiger partial charge < -0.3 is 0 Å². The molecule has 3 aromatic rings. The fourth-order valence-electron chi connectivity index (χ4n) is 1.58. The van der Waals surface area contributed by atoms with Crippen molar-refractivity contribution in [3.8, 4) is 11.3 Å². The highest BCUT2D eigenvalue weighted by molar-refractivity contribution is 6.30. The number of benzene rings is 1. The van der Waals surface area contributed by atoms with Crippen molar-refractivity contribution < 1.29 is 0 Å². The summed E-state index contributed by atoms with van der Waals surface area (Å²) < 4.78 is 1.70. The molecule has 0 aliphatic heterocycles. The van der Waals surface area contributed by atoms with Crippen LogP contribution in [0.4, 0.5) is 0 Å². The normalized spacial score (nSPS) is 10.8. The molecule has 0 spiro atoms. The lowest BCUT2D eigenvalue weighted by molar-refractivity contribution is 0.948. The Labute approximate surface area is 96.5 Å². The highest BCUT2D eigenvalue weighted by Crippen LogP contribution is 2.20. The minimum Gasteiger partial charge on any atom is -0.220 e. The van der Waals surface area contributed by atoms with Crippen LogP contribution >= 0.6 is 11.6 Å². The molecule has 4 nitrogen and oxygen atoms in total. The number of hydrogen-bond donors (Lipinski definition) is 0. The topological polar surface area (TPSA) is 43.1 Å². The lowest BCUT2D eigenvalue weighted by atomic mass is 10.1. The number of nitrogens with zero attached hydrogens (tertiary/aromatic N) is 4. The third kappa shape index (κ3) is 1.44. The first kappa shape index (κ1) is 9.30. The van der Waals surface area contributed by atoms with Gasteiger partial charge in [0, 0.05) is 16.8 Å². The number of halogens is 1. The summed E-state index contributed by atoms with van der Waals surface area (Å²) in [5, 5.41) is 4.84. The van der Waals surface area contributed by atoms with Gasteiger partial charge in [-0.1, -0.05) is 23.7 Å². The van der Waals surface area contributed by atoms with Gasteiger partial charge in [-0.2, -0.15) is 14.6 Å². The molecule has 2 heterocycles. The average Bonchev–Trinajstić information content (AvgIpc) is 2.78. The van der Waals surface area contributed by atoms with Crippen LogP contribution in [0.5, 0.6) is 0 Å². The van der Waals surface area contributed by atoms with Crippen LogP contribution in [0.25, 0.3) is 17.0 Å². The summed E-state index contributed by atoms with van der Waals surface area (Å²) in [5.74, 6) is 0.590. The van der Waals surface area contributed by atoms with Crippen LogP contribution in [-0.2, 0) is 0 Å². The molecule has 0 radical (unpaired) electrons. The monoisotopic (exact) mass is 230 g/mol. The highest BCUT2D eigenvalue weighted by Gasteiger charge is 2.04. The molecule has 3 rings (SSSR count). The second-order valence-corrected chi connectivity index (χ2v) is 3.75. The predicted octanol–water partition coefficient (Wildman–Crippen LogP) is 2.44. The van der Waals surface area contributed by atoms with Crippen molar-refractivity contribution in [3.63, 3.8) is 0 Å². The minimum absolute atomic E-state index is 0.590. The second kappa shape index (κ2) is 3.57. The van der Waals surface area contributed by atoms with Gasteiger partial charge in [-0.3, -0.25) is 0 Å². The first-order chi connectivity index (χ1) is 7.84. The standard InChI is InChI=1S/C11H7ClN4/c12-9-3-1-8(2-4-9)10-5-6-13-11-14-7-15-16(10)11/h1-7H. The van der Waals surface area contributed by atoms with Crippen LogP contribution < -0.4 is 0 Å². The average molecular weight is 231 g/mol. The van der Waals surface area contributed by atoms with Crippen molar-refractivity contribution in [2.45, 2.75) is 0 Å². The van der Waals surface area contributed by atoms with E-state index in [1.165, 1.54) is 6.33 Å². The number of rotatable bonds is 1. The van der Waals surface area contributed by atoms with E-state index in [1.54, 1.807) is 10.7 Å². The van der Waals surface area contributed by atoms with Crippen LogP contribution in [0.2, 0.25) is 5.02 Å². The molecule has 1 aromatic carbocycles. The predicted molar refractivity (Wildman–Crippen MR) is 61.2 cm³/mol. The molecule has 0 saturated heterocycles. The van der Waals surface area contributed by atoms with Crippen LogP contribution in [0.15, 0.2) is 42.9 Å². The van der Waals surface area contributed by atoms with Gasteiger partial charge in [-0.05, 0) is 18.2 Å². The van der Waals surface area contributed by atoms with Crippen LogP contribution in [0.3, 0.4) is 0 Å². The fourth-order valence-corrected chi connectivity index (χ4v) is 1.70. The minimum atomic E-state index is 0.590. The first-order valence-electron chi connectivity index (χ1n) is 4.75. The van der Waals surface area contributed by atoms with E-state index in [4.69, 9.17) is 11.6 Å². The summed E-state index contributed by atoms with van der Waals surface area (Å²) >= 11 is 5.85. The Bertz CT molecular complexity index is 630. The maximum absolute atomic E-state index is 5.85. The second-order valence-electron chi connectivity index (χ2n) is 3.31. The molecule has 0 fully saturated rings. The molecule has 0 bridgehead atoms. The Morgan fingerprint density at radius 1 is 1.00 bits per heavy atom. The largest absolute Gasteiger partial charge is 0.252 e. The molecule has 0 atom stereocenters. The maximum Gasteiger partial charge on any atom is 0.252 e. The third-order valence-electron chi connectivity index (χ3n) is 2.32. The van der Waals surface area contributed by atoms with E-state index in [9.17, 15) is 0 Å². The van der Waals surface area contributed by atoms with Crippen molar-refractivity contribution in [1.82, 2.24) is 19.6 Å². The van der Waals surface area contributed by atoms with E-state index < -0.39 is 0 Å². The van der Waals surface area contributed by atoms with Gasteiger partial charge in [0.05, 0.1) is 5.69 Å². The van der Waals surface area contributed by atoms with E-state index >= 15 is 0 Å². The number of aromatic nitrogens is 4. The lowest BCUT2D eigenvalue weighted by Gasteiger charge is -2.03. The summed E-state index contributed by atoms with van der Waals surface area (Å²) in [5.41, 5.74) is 1.97. The third-order valence-corrected chi connectivity index (χ3v) is 2.57. The van der Waals surface area contributed by atoms with Crippen LogP contribution in [0.1, 0.15) is 0 Å². The molecule has 0 aliphatic rings. The summed E-state index contributed by atoms with van der Waals surface area (Å²) in [6, 6.07) is 9.47. The van der Waals surface area contributed by atoms with Crippen molar-refractivity contribution in [1.29, 1.82) is 0 Å². The molecule has 0 amide bonds. The molecule has 0 aliphatic carbocycles. The zero-order chi connectivity index (χ0) is 11.0. The Morgan fingerprint density at radius 2 is 1.81 bits per heavy atom. The molecule has 0 saturated carbocycles. The summed E-state index contributed by atoms with van der Waals surface area (Å²) in [6.45, 7) is 0. The van der Waals surface area contributed by atoms with Gasteiger partial charge in [-0.25, -0.2) is 4.98 Å². The van der Waals surface area contributed by atoms with Gasteiger partial charge in [0.25, 0.3) is 5.78 Å². The van der Waals surface area contributed by atoms with Gasteiger partial charge >= 0.3 is 0 Å². The zero-order valence-electron chi connectivity index (χ0n) is 8.21. The number of fused-ring (bicyclic) bond motifs is 1. The van der Waals surface area contributed by atoms with Gasteiger partial charge in [-0.15, -0.1) is 0 Å². The van der Waals surface area contributed by atoms with E-state index in [-0.39, 0.29) is 0 Å². The summed E-state index contributed by atoms with van der Waals surface area (Å²) in [6.07, 6.45) is 3.20. The molecular formula is C11H7ClN4. The zero-order valence-corrected chi connectivity index (χ0v) is 8.96. The van der Waals surface area contributed by atoms with Crippen molar-refractivity contribution in [2.75, 3.05) is 0 Å². The lowest BCUT2D eigenvalue weighted by Crippen LogP contribution is -1.95. The SMILES string of the molecule is Clc1ccc(-c2ccnc3ncnn23)cc1. The van der Waals surface area contributed by atoms with Gasteiger partial charge in [0.15, 0.2) is 0 Å². The van der Waals surface area contributed by atoms with Crippen molar-refractivity contribution in [3.05, 3.63) is 47.9 Å². The Kier molecular flexibility index (Phi) is 2.08. The molecule has 78 valence electrons. The Morgan fingerprint density at radius 3 is 2.62 bits per heavy atom. The highest BCUT2D eigenvalue weighted by atomic mass is 35.5. The first-order valence-corrected chi connectivity index (χ1v) is 5.13. The molecule has 16 heavy (non-hydrogen) atoms. The molecular weight excluding hydrogens is 224 g/mol. The Hall–Kier alpha value is -1.94.